The normalized spacial score (nSPS) is 10.3. The Morgan fingerprint density at radius 2 is 1.46 bits per heavy atom. The number of halogens is 1. The summed E-state index contributed by atoms with van der Waals surface area (Å²) >= 11 is 7.32. The minimum absolute atomic E-state index is 0.0332. The molecule has 3 aromatic carbocycles. The SMILES string of the molecule is O=C(CSc1ccc(Cl)cc1)c1ccc(NC(=O)c2ccccc2)cc1. The van der Waals surface area contributed by atoms with Crippen LogP contribution in [-0.2, 0) is 0 Å². The number of thioether (sulfide) groups is 1. The molecular formula is C21H16ClNO2S. The van der Waals surface area contributed by atoms with E-state index < -0.39 is 0 Å². The highest BCUT2D eigenvalue weighted by Gasteiger charge is 2.09. The van der Waals surface area contributed by atoms with Crippen LogP contribution in [0, 0.1) is 0 Å². The molecule has 0 atom stereocenters. The first-order valence-electron chi connectivity index (χ1n) is 8.00. The van der Waals surface area contributed by atoms with Crippen molar-refractivity contribution in [2.24, 2.45) is 0 Å². The van der Waals surface area contributed by atoms with Crippen LogP contribution in [0.3, 0.4) is 0 Å². The molecule has 3 nitrogen and oxygen atoms in total. The minimum Gasteiger partial charge on any atom is -0.322 e. The van der Waals surface area contributed by atoms with Crippen LogP contribution in [0.5, 0.6) is 0 Å². The van der Waals surface area contributed by atoms with E-state index in [4.69, 9.17) is 11.6 Å². The van der Waals surface area contributed by atoms with Gasteiger partial charge in [-0.1, -0.05) is 29.8 Å². The predicted molar refractivity (Wildman–Crippen MR) is 107 cm³/mol. The minimum atomic E-state index is -0.178. The van der Waals surface area contributed by atoms with Crippen molar-refractivity contribution in [2.45, 2.75) is 4.90 Å². The number of ketones is 1. The van der Waals surface area contributed by atoms with E-state index in [-0.39, 0.29) is 11.7 Å². The van der Waals surface area contributed by atoms with E-state index in [1.54, 1.807) is 48.5 Å². The molecule has 0 heterocycles. The van der Waals surface area contributed by atoms with Crippen LogP contribution in [0.25, 0.3) is 0 Å². The molecule has 0 radical (unpaired) electrons. The van der Waals surface area contributed by atoms with E-state index in [1.165, 1.54) is 11.8 Å². The summed E-state index contributed by atoms with van der Waals surface area (Å²) in [5.41, 5.74) is 1.86. The molecule has 0 aliphatic rings. The Balaban J connectivity index is 1.57. The van der Waals surface area contributed by atoms with Crippen LogP contribution in [0.15, 0.2) is 83.8 Å². The van der Waals surface area contributed by atoms with Crippen LogP contribution in [0.1, 0.15) is 20.7 Å². The summed E-state index contributed by atoms with van der Waals surface area (Å²) in [4.78, 5) is 25.4. The van der Waals surface area contributed by atoms with Gasteiger partial charge in [-0.3, -0.25) is 9.59 Å². The number of hydrogen-bond acceptors (Lipinski definition) is 3. The molecule has 3 aromatic rings. The number of Topliss-reactive ketones (excluding diaryl/α,β-unsaturated/α-hetero) is 1. The summed E-state index contributed by atoms with van der Waals surface area (Å²) in [5.74, 6) is 0.200. The van der Waals surface area contributed by atoms with E-state index in [0.29, 0.717) is 27.6 Å². The smallest absolute Gasteiger partial charge is 0.255 e. The third kappa shape index (κ3) is 4.97. The fourth-order valence-corrected chi connectivity index (χ4v) is 3.21. The zero-order valence-electron chi connectivity index (χ0n) is 13.8. The van der Waals surface area contributed by atoms with Crippen molar-refractivity contribution in [2.75, 3.05) is 11.1 Å². The molecule has 0 fully saturated rings. The maximum atomic E-state index is 12.3. The summed E-state index contributed by atoms with van der Waals surface area (Å²) in [7, 11) is 0. The maximum absolute atomic E-state index is 12.3. The molecule has 0 bridgehead atoms. The Bertz CT molecular complexity index is 894. The third-order valence-corrected chi connectivity index (χ3v) is 4.95. The van der Waals surface area contributed by atoms with Crippen molar-refractivity contribution in [1.82, 2.24) is 0 Å². The number of rotatable bonds is 6. The largest absolute Gasteiger partial charge is 0.322 e. The molecule has 26 heavy (non-hydrogen) atoms. The summed E-state index contributed by atoms with van der Waals surface area (Å²) in [6.07, 6.45) is 0. The Labute approximate surface area is 161 Å². The molecular weight excluding hydrogens is 366 g/mol. The van der Waals surface area contributed by atoms with Gasteiger partial charge in [-0.2, -0.15) is 0 Å². The number of carbonyl (C=O) groups excluding carboxylic acids is 2. The van der Waals surface area contributed by atoms with Gasteiger partial charge in [0.05, 0.1) is 5.75 Å². The number of carbonyl (C=O) groups is 2. The van der Waals surface area contributed by atoms with E-state index in [1.807, 2.05) is 30.3 Å². The molecule has 0 saturated carbocycles. The number of benzene rings is 3. The Morgan fingerprint density at radius 1 is 0.808 bits per heavy atom. The van der Waals surface area contributed by atoms with Gasteiger partial charge in [0.1, 0.15) is 0 Å². The molecule has 5 heteroatoms. The summed E-state index contributed by atoms with van der Waals surface area (Å²) in [6.45, 7) is 0. The highest BCUT2D eigenvalue weighted by molar-refractivity contribution is 8.00. The topological polar surface area (TPSA) is 46.2 Å². The lowest BCUT2D eigenvalue weighted by Gasteiger charge is -2.06. The van der Waals surface area contributed by atoms with E-state index in [9.17, 15) is 9.59 Å². The number of hydrogen-bond donors (Lipinski definition) is 1. The van der Waals surface area contributed by atoms with E-state index >= 15 is 0 Å². The van der Waals surface area contributed by atoms with Crippen molar-refractivity contribution in [3.8, 4) is 0 Å². The second kappa shape index (κ2) is 8.70. The van der Waals surface area contributed by atoms with Gasteiger partial charge in [0, 0.05) is 26.7 Å². The van der Waals surface area contributed by atoms with Gasteiger partial charge < -0.3 is 5.32 Å². The Morgan fingerprint density at radius 3 is 2.12 bits per heavy atom. The van der Waals surface area contributed by atoms with Crippen LogP contribution >= 0.6 is 23.4 Å². The van der Waals surface area contributed by atoms with E-state index in [2.05, 4.69) is 5.32 Å². The molecule has 1 N–H and O–H groups in total. The molecule has 0 aliphatic heterocycles. The van der Waals surface area contributed by atoms with Crippen molar-refractivity contribution in [1.29, 1.82) is 0 Å². The Hall–Kier alpha value is -2.56. The van der Waals surface area contributed by atoms with Crippen molar-refractivity contribution in [3.05, 3.63) is 95.0 Å². The van der Waals surface area contributed by atoms with E-state index in [0.717, 1.165) is 4.90 Å². The first kappa shape index (κ1) is 18.2. The lowest BCUT2D eigenvalue weighted by molar-refractivity contribution is 0.101. The fraction of sp³-hybridized carbons (Fsp3) is 0.0476. The quantitative estimate of drug-likeness (QED) is 0.448. The lowest BCUT2D eigenvalue weighted by Crippen LogP contribution is -2.11. The second-order valence-corrected chi connectivity index (χ2v) is 7.05. The molecule has 3 rings (SSSR count). The molecule has 130 valence electrons. The summed E-state index contributed by atoms with van der Waals surface area (Å²) < 4.78 is 0. The maximum Gasteiger partial charge on any atom is 0.255 e. The first-order valence-corrected chi connectivity index (χ1v) is 9.36. The van der Waals surface area contributed by atoms with Crippen molar-refractivity contribution < 1.29 is 9.59 Å². The molecule has 0 aromatic heterocycles. The van der Waals surface area contributed by atoms with Gasteiger partial charge in [-0.15, -0.1) is 11.8 Å². The van der Waals surface area contributed by atoms with Gasteiger partial charge in [0.25, 0.3) is 5.91 Å². The summed E-state index contributed by atoms with van der Waals surface area (Å²) in [5, 5.41) is 3.49. The van der Waals surface area contributed by atoms with Crippen LogP contribution < -0.4 is 5.32 Å². The monoisotopic (exact) mass is 381 g/mol. The molecule has 0 unspecified atom stereocenters. The van der Waals surface area contributed by atoms with Gasteiger partial charge in [-0.05, 0) is 60.7 Å². The average molecular weight is 382 g/mol. The summed E-state index contributed by atoms with van der Waals surface area (Å²) in [6, 6.07) is 23.3. The second-order valence-electron chi connectivity index (χ2n) is 5.56. The Kier molecular flexibility index (Phi) is 6.10. The number of amides is 1. The molecule has 0 saturated heterocycles. The van der Waals surface area contributed by atoms with Crippen molar-refractivity contribution >= 4 is 40.7 Å². The first-order chi connectivity index (χ1) is 12.6. The highest BCUT2D eigenvalue weighted by Crippen LogP contribution is 2.22. The molecule has 0 aliphatic carbocycles. The standard InChI is InChI=1S/C21H16ClNO2S/c22-17-8-12-19(13-9-17)26-14-20(24)15-6-10-18(11-7-15)23-21(25)16-4-2-1-3-5-16/h1-13H,14H2,(H,23,25). The van der Waals surface area contributed by atoms with Crippen LogP contribution in [0.4, 0.5) is 5.69 Å². The third-order valence-electron chi connectivity index (χ3n) is 3.68. The molecule has 0 spiro atoms. The van der Waals surface area contributed by atoms with Crippen LogP contribution in [0.2, 0.25) is 5.02 Å². The van der Waals surface area contributed by atoms with Crippen LogP contribution in [-0.4, -0.2) is 17.4 Å². The van der Waals surface area contributed by atoms with Gasteiger partial charge in [0.15, 0.2) is 5.78 Å². The lowest BCUT2D eigenvalue weighted by atomic mass is 10.1. The predicted octanol–water partition coefficient (Wildman–Crippen LogP) is 5.57. The fourth-order valence-electron chi connectivity index (χ4n) is 2.30. The van der Waals surface area contributed by atoms with Gasteiger partial charge >= 0.3 is 0 Å². The molecule has 1 amide bonds. The highest BCUT2D eigenvalue weighted by atomic mass is 35.5. The van der Waals surface area contributed by atoms with Crippen molar-refractivity contribution in [3.63, 3.8) is 0 Å². The van der Waals surface area contributed by atoms with Gasteiger partial charge in [-0.25, -0.2) is 0 Å². The zero-order valence-corrected chi connectivity index (χ0v) is 15.4. The zero-order chi connectivity index (χ0) is 18.4. The number of anilines is 1. The number of nitrogens with one attached hydrogen (secondary N) is 1. The van der Waals surface area contributed by atoms with Gasteiger partial charge in [0.2, 0.25) is 0 Å². The average Bonchev–Trinajstić information content (AvgIpc) is 2.68.